The van der Waals surface area contributed by atoms with Crippen molar-refractivity contribution in [2.45, 2.75) is 25.6 Å². The Hall–Kier alpha value is -3.11. The number of oxime groups is 1. The number of halogens is 3. The molecule has 1 amide bonds. The van der Waals surface area contributed by atoms with Crippen molar-refractivity contribution in [3.63, 3.8) is 0 Å². The molecule has 1 fully saturated rings. The Bertz CT molecular complexity index is 941. The van der Waals surface area contributed by atoms with E-state index in [4.69, 9.17) is 14.3 Å². The second kappa shape index (κ2) is 12.4. The normalized spacial score (nSPS) is 15.1. The lowest BCUT2D eigenvalue weighted by molar-refractivity contribution is -0.137. The standard InChI is InChI=1S/C24H27F3N2O5/c25-24(26,27)20-5-1-18(2-6-20)15-34-29-22(14-30)19-3-7-21(8-4-19)33-16-23(31)28-13-17-9-11-32-12-10-17/h1-8,17,30H,9-16H2,(H,28,31)/b29-22+. The predicted molar refractivity (Wildman–Crippen MR) is 118 cm³/mol. The first-order chi connectivity index (χ1) is 16.3. The van der Waals surface area contributed by atoms with Crippen LogP contribution in [0.15, 0.2) is 53.7 Å². The largest absolute Gasteiger partial charge is 0.484 e. The molecule has 0 spiro atoms. The number of nitrogens with zero attached hydrogens (tertiary/aromatic N) is 1. The molecule has 0 bridgehead atoms. The number of hydrogen-bond acceptors (Lipinski definition) is 6. The summed E-state index contributed by atoms with van der Waals surface area (Å²) in [6.07, 6.45) is -2.52. The number of benzene rings is 2. The number of hydrogen-bond donors (Lipinski definition) is 2. The van der Waals surface area contributed by atoms with Gasteiger partial charge in [-0.2, -0.15) is 13.2 Å². The molecule has 34 heavy (non-hydrogen) atoms. The molecule has 0 radical (unpaired) electrons. The fraction of sp³-hybridized carbons (Fsp3) is 0.417. The molecule has 1 heterocycles. The van der Waals surface area contributed by atoms with E-state index in [0.29, 0.717) is 29.3 Å². The zero-order chi connectivity index (χ0) is 24.4. The van der Waals surface area contributed by atoms with Gasteiger partial charge in [-0.05, 0) is 60.7 Å². The van der Waals surface area contributed by atoms with Gasteiger partial charge in [-0.25, -0.2) is 0 Å². The number of aliphatic hydroxyl groups excluding tert-OH is 1. The maximum absolute atomic E-state index is 12.6. The van der Waals surface area contributed by atoms with E-state index in [0.717, 1.165) is 38.2 Å². The molecule has 3 rings (SSSR count). The number of alkyl halides is 3. The molecule has 10 heteroatoms. The SMILES string of the molecule is O=C(COc1ccc(/C(CO)=N/OCc2ccc(C(F)(F)F)cc2)cc1)NCC1CCOCC1. The van der Waals surface area contributed by atoms with Crippen molar-refractivity contribution in [3.05, 3.63) is 65.2 Å². The summed E-state index contributed by atoms with van der Waals surface area (Å²) in [5, 5.41) is 16.3. The third-order valence-electron chi connectivity index (χ3n) is 5.32. The van der Waals surface area contributed by atoms with Crippen LogP contribution in [0.4, 0.5) is 13.2 Å². The van der Waals surface area contributed by atoms with Crippen LogP contribution in [0.3, 0.4) is 0 Å². The van der Waals surface area contributed by atoms with Gasteiger partial charge in [0, 0.05) is 25.3 Å². The van der Waals surface area contributed by atoms with E-state index in [1.54, 1.807) is 24.3 Å². The Morgan fingerprint density at radius 3 is 2.38 bits per heavy atom. The van der Waals surface area contributed by atoms with Gasteiger partial charge < -0.3 is 24.7 Å². The topological polar surface area (TPSA) is 89.4 Å². The van der Waals surface area contributed by atoms with Gasteiger partial charge in [0.1, 0.15) is 18.1 Å². The van der Waals surface area contributed by atoms with Gasteiger partial charge in [-0.1, -0.05) is 17.3 Å². The van der Waals surface area contributed by atoms with Crippen molar-refractivity contribution < 1.29 is 37.4 Å². The number of carbonyl (C=O) groups excluding carboxylic acids is 1. The number of nitrogens with one attached hydrogen (secondary N) is 1. The third kappa shape index (κ3) is 8.03. The van der Waals surface area contributed by atoms with Gasteiger partial charge >= 0.3 is 6.18 Å². The highest BCUT2D eigenvalue weighted by Gasteiger charge is 2.29. The van der Waals surface area contributed by atoms with Crippen LogP contribution in [0.2, 0.25) is 0 Å². The molecule has 0 unspecified atom stereocenters. The number of ether oxygens (including phenoxy) is 2. The van der Waals surface area contributed by atoms with Crippen molar-refractivity contribution in [2.75, 3.05) is 33.0 Å². The van der Waals surface area contributed by atoms with Crippen LogP contribution in [-0.2, 0) is 27.2 Å². The molecule has 7 nitrogen and oxygen atoms in total. The van der Waals surface area contributed by atoms with E-state index in [1.807, 2.05) is 0 Å². The van der Waals surface area contributed by atoms with Crippen LogP contribution < -0.4 is 10.1 Å². The van der Waals surface area contributed by atoms with Crippen LogP contribution in [-0.4, -0.2) is 49.7 Å². The molecule has 2 aromatic carbocycles. The van der Waals surface area contributed by atoms with Crippen LogP contribution in [0.25, 0.3) is 0 Å². The van der Waals surface area contributed by atoms with Gasteiger partial charge in [-0.3, -0.25) is 4.79 Å². The Morgan fingerprint density at radius 1 is 1.09 bits per heavy atom. The van der Waals surface area contributed by atoms with E-state index < -0.39 is 18.3 Å². The van der Waals surface area contributed by atoms with Gasteiger partial charge in [0.15, 0.2) is 6.61 Å². The Kier molecular flexibility index (Phi) is 9.29. The maximum atomic E-state index is 12.6. The summed E-state index contributed by atoms with van der Waals surface area (Å²) < 4.78 is 48.7. The first-order valence-corrected chi connectivity index (χ1v) is 10.9. The van der Waals surface area contributed by atoms with E-state index in [1.165, 1.54) is 12.1 Å². The van der Waals surface area contributed by atoms with E-state index in [9.17, 15) is 23.1 Å². The summed E-state index contributed by atoms with van der Waals surface area (Å²) in [5.74, 6) is 0.701. The summed E-state index contributed by atoms with van der Waals surface area (Å²) in [5.41, 5.74) is 0.585. The first-order valence-electron chi connectivity index (χ1n) is 10.9. The molecular weight excluding hydrogens is 453 g/mol. The Labute approximate surface area is 195 Å². The van der Waals surface area contributed by atoms with Crippen molar-refractivity contribution >= 4 is 11.6 Å². The van der Waals surface area contributed by atoms with E-state index >= 15 is 0 Å². The molecule has 1 saturated heterocycles. The lowest BCUT2D eigenvalue weighted by Gasteiger charge is -2.22. The monoisotopic (exact) mass is 480 g/mol. The fourth-order valence-electron chi connectivity index (χ4n) is 3.30. The smallest absolute Gasteiger partial charge is 0.416 e. The summed E-state index contributed by atoms with van der Waals surface area (Å²) in [4.78, 5) is 17.2. The Morgan fingerprint density at radius 2 is 1.76 bits per heavy atom. The molecule has 0 saturated carbocycles. The first kappa shape index (κ1) is 25.5. The number of rotatable bonds is 10. The van der Waals surface area contributed by atoms with Crippen molar-refractivity contribution in [2.24, 2.45) is 11.1 Å². The second-order valence-corrected chi connectivity index (χ2v) is 7.84. The number of amides is 1. The third-order valence-corrected chi connectivity index (χ3v) is 5.32. The maximum Gasteiger partial charge on any atom is 0.416 e. The molecule has 2 aromatic rings. The second-order valence-electron chi connectivity index (χ2n) is 7.84. The van der Waals surface area contributed by atoms with Crippen molar-refractivity contribution in [1.82, 2.24) is 5.32 Å². The molecule has 0 aromatic heterocycles. The van der Waals surface area contributed by atoms with Gasteiger partial charge in [0.05, 0.1) is 12.2 Å². The zero-order valence-electron chi connectivity index (χ0n) is 18.5. The molecule has 2 N–H and O–H groups in total. The van der Waals surface area contributed by atoms with Crippen molar-refractivity contribution in [1.29, 1.82) is 0 Å². The highest BCUT2D eigenvalue weighted by molar-refractivity contribution is 6.01. The molecule has 184 valence electrons. The number of aliphatic hydroxyl groups is 1. The molecule has 1 aliphatic rings. The number of carbonyl (C=O) groups is 1. The molecule has 0 atom stereocenters. The molecule has 1 aliphatic heterocycles. The quantitative estimate of drug-likeness (QED) is 0.401. The highest BCUT2D eigenvalue weighted by Crippen LogP contribution is 2.29. The lowest BCUT2D eigenvalue weighted by Crippen LogP contribution is -2.35. The molecular formula is C24H27F3N2O5. The van der Waals surface area contributed by atoms with Gasteiger partial charge in [0.25, 0.3) is 5.91 Å². The van der Waals surface area contributed by atoms with Crippen LogP contribution in [0, 0.1) is 5.92 Å². The summed E-state index contributed by atoms with van der Waals surface area (Å²) in [7, 11) is 0. The summed E-state index contributed by atoms with van der Waals surface area (Å²) >= 11 is 0. The summed E-state index contributed by atoms with van der Waals surface area (Å²) in [6.45, 7) is 1.49. The summed E-state index contributed by atoms with van der Waals surface area (Å²) in [6, 6.07) is 11.2. The van der Waals surface area contributed by atoms with Gasteiger partial charge in [-0.15, -0.1) is 0 Å². The van der Waals surface area contributed by atoms with Crippen LogP contribution in [0.5, 0.6) is 5.75 Å². The van der Waals surface area contributed by atoms with Gasteiger partial charge in [0.2, 0.25) is 0 Å². The van der Waals surface area contributed by atoms with E-state index in [2.05, 4.69) is 10.5 Å². The minimum Gasteiger partial charge on any atom is -0.484 e. The average Bonchev–Trinajstić information content (AvgIpc) is 2.85. The van der Waals surface area contributed by atoms with Crippen molar-refractivity contribution in [3.8, 4) is 5.75 Å². The zero-order valence-corrected chi connectivity index (χ0v) is 18.5. The average molecular weight is 480 g/mol. The molecule has 0 aliphatic carbocycles. The minimum absolute atomic E-state index is 0.0498. The van der Waals surface area contributed by atoms with E-state index in [-0.39, 0.29) is 24.8 Å². The highest BCUT2D eigenvalue weighted by atomic mass is 19.4. The minimum atomic E-state index is -4.40. The Balaban J connectivity index is 1.45. The van der Waals surface area contributed by atoms with Crippen LogP contribution in [0.1, 0.15) is 29.5 Å². The predicted octanol–water partition coefficient (Wildman–Crippen LogP) is 3.54. The fourth-order valence-corrected chi connectivity index (χ4v) is 3.30. The lowest BCUT2D eigenvalue weighted by atomic mass is 10.0. The van der Waals surface area contributed by atoms with Crippen LogP contribution >= 0.6 is 0 Å².